The number of aliphatic hydroxyl groups excluding tert-OH is 1. The Labute approximate surface area is 106 Å². The number of aryl methyl sites for hydroxylation is 1. The molecule has 1 N–H and O–H groups in total. The average Bonchev–Trinajstić information content (AvgIpc) is 2.38. The molecule has 0 radical (unpaired) electrons. The standard InChI is InChI=1S/C14H18FNO2/c15-12-6-3-11(4-7-12)5-8-14(18)16-9-1-2-13(17)10-16/h3-4,6-7,13,17H,1-2,5,8-10H2. The Balaban J connectivity index is 1.82. The van der Waals surface area contributed by atoms with Gasteiger partial charge in [-0.05, 0) is 37.0 Å². The van der Waals surface area contributed by atoms with Crippen LogP contribution in [0.4, 0.5) is 4.39 Å². The van der Waals surface area contributed by atoms with E-state index in [9.17, 15) is 14.3 Å². The van der Waals surface area contributed by atoms with E-state index < -0.39 is 0 Å². The van der Waals surface area contributed by atoms with Crippen molar-refractivity contribution in [2.75, 3.05) is 13.1 Å². The maximum Gasteiger partial charge on any atom is 0.222 e. The number of piperidine rings is 1. The minimum Gasteiger partial charge on any atom is -0.391 e. The Morgan fingerprint density at radius 1 is 1.39 bits per heavy atom. The molecular formula is C14H18FNO2. The molecule has 1 aromatic rings. The van der Waals surface area contributed by atoms with Gasteiger partial charge in [-0.3, -0.25) is 4.79 Å². The van der Waals surface area contributed by atoms with Crippen molar-refractivity contribution in [3.05, 3.63) is 35.6 Å². The molecule has 1 saturated heterocycles. The van der Waals surface area contributed by atoms with Gasteiger partial charge in [0, 0.05) is 19.5 Å². The van der Waals surface area contributed by atoms with Crippen LogP contribution < -0.4 is 0 Å². The molecule has 18 heavy (non-hydrogen) atoms. The molecule has 4 heteroatoms. The summed E-state index contributed by atoms with van der Waals surface area (Å²) in [5.74, 6) is -0.192. The summed E-state index contributed by atoms with van der Waals surface area (Å²) in [7, 11) is 0. The lowest BCUT2D eigenvalue weighted by molar-refractivity contribution is -0.134. The average molecular weight is 251 g/mol. The van der Waals surface area contributed by atoms with Crippen LogP contribution in [0.15, 0.2) is 24.3 Å². The van der Waals surface area contributed by atoms with Crippen LogP contribution in [0, 0.1) is 5.82 Å². The van der Waals surface area contributed by atoms with Crippen molar-refractivity contribution in [2.45, 2.75) is 31.8 Å². The van der Waals surface area contributed by atoms with E-state index in [1.165, 1.54) is 12.1 Å². The molecule has 98 valence electrons. The van der Waals surface area contributed by atoms with Gasteiger partial charge in [-0.2, -0.15) is 0 Å². The third-order valence-corrected chi connectivity index (χ3v) is 3.29. The van der Waals surface area contributed by atoms with Gasteiger partial charge in [0.25, 0.3) is 0 Å². The number of nitrogens with zero attached hydrogens (tertiary/aromatic N) is 1. The van der Waals surface area contributed by atoms with Gasteiger partial charge in [0.1, 0.15) is 5.82 Å². The number of β-amino-alcohol motifs (C(OH)–C–C–N with tert-alkyl or cyclic N) is 1. The van der Waals surface area contributed by atoms with Crippen LogP contribution >= 0.6 is 0 Å². The summed E-state index contributed by atoms with van der Waals surface area (Å²) < 4.78 is 12.7. The first-order valence-electron chi connectivity index (χ1n) is 6.35. The molecule has 0 aromatic heterocycles. The van der Waals surface area contributed by atoms with Gasteiger partial charge in [-0.15, -0.1) is 0 Å². The minimum atomic E-state index is -0.381. The number of likely N-dealkylation sites (tertiary alicyclic amines) is 1. The lowest BCUT2D eigenvalue weighted by atomic mass is 10.1. The molecule has 1 aromatic carbocycles. The van der Waals surface area contributed by atoms with Crippen molar-refractivity contribution in [3.63, 3.8) is 0 Å². The summed E-state index contributed by atoms with van der Waals surface area (Å²) in [5.41, 5.74) is 0.960. The second kappa shape index (κ2) is 5.96. The topological polar surface area (TPSA) is 40.5 Å². The maximum atomic E-state index is 12.7. The van der Waals surface area contributed by atoms with Crippen molar-refractivity contribution in [2.24, 2.45) is 0 Å². The molecular weight excluding hydrogens is 233 g/mol. The Hall–Kier alpha value is -1.42. The van der Waals surface area contributed by atoms with E-state index in [0.29, 0.717) is 19.4 Å². The summed E-state index contributed by atoms with van der Waals surface area (Å²) in [5, 5.41) is 9.51. The number of halogens is 1. The van der Waals surface area contributed by atoms with Crippen molar-refractivity contribution in [1.29, 1.82) is 0 Å². The predicted octanol–water partition coefficient (Wildman–Crippen LogP) is 1.74. The van der Waals surface area contributed by atoms with Gasteiger partial charge < -0.3 is 10.0 Å². The van der Waals surface area contributed by atoms with Crippen LogP contribution in [0.2, 0.25) is 0 Å². The van der Waals surface area contributed by atoms with Gasteiger partial charge in [0.2, 0.25) is 5.91 Å². The third kappa shape index (κ3) is 3.53. The van der Waals surface area contributed by atoms with Crippen LogP contribution in [0.3, 0.4) is 0 Å². The Bertz CT molecular complexity index is 405. The van der Waals surface area contributed by atoms with E-state index in [2.05, 4.69) is 0 Å². The monoisotopic (exact) mass is 251 g/mol. The van der Waals surface area contributed by atoms with E-state index in [-0.39, 0.29) is 17.8 Å². The normalized spacial score (nSPS) is 19.9. The molecule has 1 amide bonds. The SMILES string of the molecule is O=C(CCc1ccc(F)cc1)N1CCCC(O)C1. The predicted molar refractivity (Wildman–Crippen MR) is 66.5 cm³/mol. The molecule has 1 heterocycles. The number of rotatable bonds is 3. The molecule has 0 aliphatic carbocycles. The van der Waals surface area contributed by atoms with Crippen LogP contribution in [-0.4, -0.2) is 35.1 Å². The van der Waals surface area contributed by atoms with E-state index in [1.54, 1.807) is 17.0 Å². The molecule has 1 aliphatic heterocycles. The fourth-order valence-electron chi connectivity index (χ4n) is 2.24. The number of carbonyl (C=O) groups excluding carboxylic acids is 1. The summed E-state index contributed by atoms with van der Waals surface area (Å²) in [4.78, 5) is 13.6. The molecule has 0 spiro atoms. The highest BCUT2D eigenvalue weighted by atomic mass is 19.1. The second-order valence-electron chi connectivity index (χ2n) is 4.76. The zero-order valence-corrected chi connectivity index (χ0v) is 10.3. The minimum absolute atomic E-state index is 0.0677. The summed E-state index contributed by atoms with van der Waals surface area (Å²) in [6, 6.07) is 6.22. The number of amides is 1. The Morgan fingerprint density at radius 3 is 2.78 bits per heavy atom. The number of hydrogen-bond acceptors (Lipinski definition) is 2. The number of hydrogen-bond donors (Lipinski definition) is 1. The number of carbonyl (C=O) groups is 1. The van der Waals surface area contributed by atoms with Gasteiger partial charge in [-0.1, -0.05) is 12.1 Å². The van der Waals surface area contributed by atoms with E-state index >= 15 is 0 Å². The highest BCUT2D eigenvalue weighted by Gasteiger charge is 2.21. The lowest BCUT2D eigenvalue weighted by Crippen LogP contribution is -2.42. The van der Waals surface area contributed by atoms with Gasteiger partial charge in [0.05, 0.1) is 6.10 Å². The van der Waals surface area contributed by atoms with Gasteiger partial charge >= 0.3 is 0 Å². The first kappa shape index (κ1) is 13.0. The smallest absolute Gasteiger partial charge is 0.222 e. The van der Waals surface area contributed by atoms with E-state index in [4.69, 9.17) is 0 Å². The molecule has 0 saturated carbocycles. The van der Waals surface area contributed by atoms with Gasteiger partial charge in [-0.25, -0.2) is 4.39 Å². The van der Waals surface area contributed by atoms with Crippen LogP contribution in [0.5, 0.6) is 0 Å². The third-order valence-electron chi connectivity index (χ3n) is 3.29. The highest BCUT2D eigenvalue weighted by molar-refractivity contribution is 5.76. The zero-order chi connectivity index (χ0) is 13.0. The molecule has 2 rings (SSSR count). The zero-order valence-electron chi connectivity index (χ0n) is 10.3. The van der Waals surface area contributed by atoms with E-state index in [0.717, 1.165) is 24.9 Å². The summed E-state index contributed by atoms with van der Waals surface area (Å²) in [6.07, 6.45) is 2.29. The molecule has 1 unspecified atom stereocenters. The maximum absolute atomic E-state index is 12.7. The fraction of sp³-hybridized carbons (Fsp3) is 0.500. The van der Waals surface area contributed by atoms with E-state index in [1.807, 2.05) is 0 Å². The molecule has 0 bridgehead atoms. The number of benzene rings is 1. The van der Waals surface area contributed by atoms with Crippen molar-refractivity contribution in [1.82, 2.24) is 4.90 Å². The first-order valence-corrected chi connectivity index (χ1v) is 6.35. The largest absolute Gasteiger partial charge is 0.391 e. The molecule has 3 nitrogen and oxygen atoms in total. The van der Waals surface area contributed by atoms with Crippen molar-refractivity contribution >= 4 is 5.91 Å². The van der Waals surface area contributed by atoms with Crippen molar-refractivity contribution in [3.8, 4) is 0 Å². The number of aliphatic hydroxyl groups is 1. The summed E-state index contributed by atoms with van der Waals surface area (Å²) in [6.45, 7) is 1.18. The summed E-state index contributed by atoms with van der Waals surface area (Å²) >= 11 is 0. The molecule has 1 atom stereocenters. The molecule has 1 aliphatic rings. The fourth-order valence-corrected chi connectivity index (χ4v) is 2.24. The van der Waals surface area contributed by atoms with Crippen LogP contribution in [0.1, 0.15) is 24.8 Å². The molecule has 1 fully saturated rings. The second-order valence-corrected chi connectivity index (χ2v) is 4.76. The quantitative estimate of drug-likeness (QED) is 0.889. The highest BCUT2D eigenvalue weighted by Crippen LogP contribution is 2.12. The van der Waals surface area contributed by atoms with Crippen LogP contribution in [0.25, 0.3) is 0 Å². The Morgan fingerprint density at radius 2 is 2.11 bits per heavy atom. The van der Waals surface area contributed by atoms with Gasteiger partial charge in [0.15, 0.2) is 0 Å². The Kier molecular flexibility index (Phi) is 4.31. The lowest BCUT2D eigenvalue weighted by Gasteiger charge is -2.30. The van der Waals surface area contributed by atoms with Crippen molar-refractivity contribution < 1.29 is 14.3 Å². The first-order chi connectivity index (χ1) is 8.65. The van der Waals surface area contributed by atoms with Crippen LogP contribution in [-0.2, 0) is 11.2 Å².